The highest BCUT2D eigenvalue weighted by molar-refractivity contribution is 14.0. The molecule has 2 heterocycles. The zero-order chi connectivity index (χ0) is 21.4. The largest absolute Gasteiger partial charge is 0.354 e. The molecule has 10 heteroatoms. The van der Waals surface area contributed by atoms with Crippen molar-refractivity contribution in [3.8, 4) is 0 Å². The van der Waals surface area contributed by atoms with E-state index in [0.29, 0.717) is 12.6 Å². The molecule has 0 bridgehead atoms. The van der Waals surface area contributed by atoms with Gasteiger partial charge < -0.3 is 10.6 Å². The number of nitrogens with zero attached hydrogens (tertiary/aromatic N) is 2. The van der Waals surface area contributed by atoms with Gasteiger partial charge in [0.15, 0.2) is 5.96 Å². The molecule has 172 valence electrons. The maximum atomic E-state index is 11.7. The van der Waals surface area contributed by atoms with E-state index in [9.17, 15) is 8.42 Å². The number of hydrogen-bond donors (Lipinski definition) is 3. The lowest BCUT2D eigenvalue weighted by Crippen LogP contribution is -2.42. The zero-order valence-electron chi connectivity index (χ0n) is 18.0. The van der Waals surface area contributed by atoms with Gasteiger partial charge in [-0.3, -0.25) is 9.89 Å². The molecule has 1 saturated heterocycles. The van der Waals surface area contributed by atoms with E-state index in [4.69, 9.17) is 0 Å². The fourth-order valence-corrected chi connectivity index (χ4v) is 5.22. The third-order valence-corrected chi connectivity index (χ3v) is 7.60. The van der Waals surface area contributed by atoms with Crippen molar-refractivity contribution in [2.45, 2.75) is 31.2 Å². The monoisotopic (exact) mass is 577 g/mol. The summed E-state index contributed by atoms with van der Waals surface area (Å²) in [5, 5.41) is 8.96. The van der Waals surface area contributed by atoms with Gasteiger partial charge in [-0.05, 0) is 55.6 Å². The van der Waals surface area contributed by atoms with Crippen molar-refractivity contribution in [3.63, 3.8) is 0 Å². The Morgan fingerprint density at radius 1 is 1.13 bits per heavy atom. The van der Waals surface area contributed by atoms with Crippen LogP contribution in [0.2, 0.25) is 0 Å². The second-order valence-electron chi connectivity index (χ2n) is 7.36. The number of thiophene rings is 1. The summed E-state index contributed by atoms with van der Waals surface area (Å²) in [7, 11) is -0.0500. The molecule has 1 aromatic carbocycles. The third-order valence-electron chi connectivity index (χ3n) is 5.29. The zero-order valence-corrected chi connectivity index (χ0v) is 22.0. The summed E-state index contributed by atoms with van der Waals surface area (Å²) >= 11 is 1.80. The van der Waals surface area contributed by atoms with Crippen molar-refractivity contribution >= 4 is 51.3 Å². The Morgan fingerprint density at radius 3 is 2.39 bits per heavy atom. The Balaban J connectivity index is 0.00000341. The van der Waals surface area contributed by atoms with Crippen LogP contribution in [0.4, 0.5) is 0 Å². The van der Waals surface area contributed by atoms with Crippen LogP contribution < -0.4 is 15.4 Å². The average molecular weight is 578 g/mol. The van der Waals surface area contributed by atoms with E-state index in [1.807, 2.05) is 24.3 Å². The van der Waals surface area contributed by atoms with Gasteiger partial charge in [-0.1, -0.05) is 30.3 Å². The second kappa shape index (κ2) is 12.7. The summed E-state index contributed by atoms with van der Waals surface area (Å²) in [5.41, 5.74) is 1.83. The van der Waals surface area contributed by atoms with Crippen LogP contribution in [0.1, 0.15) is 34.9 Å². The number of guanidine groups is 1. The molecule has 3 rings (SSSR count). The molecule has 7 nitrogen and oxygen atoms in total. The molecule has 1 aromatic heterocycles. The van der Waals surface area contributed by atoms with E-state index >= 15 is 0 Å². The SMILES string of the molecule is CN=C(NCc1ccc(CS(=O)(=O)NC)cc1)NCC(c1cccs1)N1CCCC1.I. The van der Waals surface area contributed by atoms with E-state index in [2.05, 4.69) is 42.8 Å². The molecule has 0 radical (unpaired) electrons. The van der Waals surface area contributed by atoms with E-state index in [1.54, 1.807) is 18.4 Å². The standard InChI is InChI=1S/C21H31N5O2S2.HI/c1-22-21(24-14-17-7-9-18(10-8-17)16-30(27,28)23-2)25-15-19(20-6-5-13-29-20)26-11-3-4-12-26;/h5-10,13,19,23H,3-4,11-12,14-16H2,1-2H3,(H2,22,24,25);1H. The number of sulfonamides is 1. The Kier molecular flexibility index (Phi) is 10.7. The molecule has 31 heavy (non-hydrogen) atoms. The Morgan fingerprint density at radius 2 is 1.81 bits per heavy atom. The van der Waals surface area contributed by atoms with Crippen LogP contribution in [0.15, 0.2) is 46.8 Å². The maximum Gasteiger partial charge on any atom is 0.215 e. The topological polar surface area (TPSA) is 85.8 Å². The first-order chi connectivity index (χ1) is 14.5. The molecule has 0 aliphatic carbocycles. The number of rotatable bonds is 9. The molecular formula is C21H32IN5O2S2. The lowest BCUT2D eigenvalue weighted by Gasteiger charge is -2.27. The first-order valence-corrected chi connectivity index (χ1v) is 12.7. The fraction of sp³-hybridized carbons (Fsp3) is 0.476. The van der Waals surface area contributed by atoms with Crippen molar-refractivity contribution < 1.29 is 8.42 Å². The lowest BCUT2D eigenvalue weighted by molar-refractivity contribution is 0.249. The fourth-order valence-electron chi connectivity index (χ4n) is 3.59. The average Bonchev–Trinajstić information content (AvgIpc) is 3.46. The predicted octanol–water partition coefficient (Wildman–Crippen LogP) is 2.92. The van der Waals surface area contributed by atoms with Gasteiger partial charge in [0.25, 0.3) is 0 Å². The third kappa shape index (κ3) is 8.01. The van der Waals surface area contributed by atoms with Crippen LogP contribution in [0.3, 0.4) is 0 Å². The molecule has 1 aliphatic heterocycles. The van der Waals surface area contributed by atoms with Gasteiger partial charge in [-0.15, -0.1) is 35.3 Å². The van der Waals surface area contributed by atoms with Crippen molar-refractivity contribution in [1.82, 2.24) is 20.3 Å². The highest BCUT2D eigenvalue weighted by atomic mass is 127. The Bertz CT molecular complexity index is 912. The van der Waals surface area contributed by atoms with Crippen LogP contribution in [0.5, 0.6) is 0 Å². The van der Waals surface area contributed by atoms with Crippen molar-refractivity contribution in [3.05, 3.63) is 57.8 Å². The molecule has 0 amide bonds. The van der Waals surface area contributed by atoms with Gasteiger partial charge in [0.1, 0.15) is 0 Å². The van der Waals surface area contributed by atoms with Gasteiger partial charge >= 0.3 is 0 Å². The van der Waals surface area contributed by atoms with Crippen LogP contribution in [0.25, 0.3) is 0 Å². The van der Waals surface area contributed by atoms with E-state index in [-0.39, 0.29) is 29.7 Å². The predicted molar refractivity (Wildman–Crippen MR) is 140 cm³/mol. The van der Waals surface area contributed by atoms with Gasteiger partial charge in [-0.25, -0.2) is 13.1 Å². The summed E-state index contributed by atoms with van der Waals surface area (Å²) in [4.78, 5) is 8.28. The van der Waals surface area contributed by atoms with E-state index in [0.717, 1.165) is 36.7 Å². The molecule has 1 aliphatic rings. The number of aliphatic imine (C=N–C) groups is 1. The molecule has 0 spiro atoms. The molecular weight excluding hydrogens is 545 g/mol. The number of halogens is 1. The highest BCUT2D eigenvalue weighted by Gasteiger charge is 2.24. The van der Waals surface area contributed by atoms with Crippen LogP contribution in [-0.2, 0) is 22.3 Å². The molecule has 2 aromatic rings. The normalized spacial score (nSPS) is 16.0. The first-order valence-electron chi connectivity index (χ1n) is 10.2. The molecule has 3 N–H and O–H groups in total. The molecule has 1 atom stereocenters. The van der Waals surface area contributed by atoms with Crippen molar-refractivity contribution in [2.75, 3.05) is 33.7 Å². The first kappa shape index (κ1) is 26.0. The van der Waals surface area contributed by atoms with Gasteiger partial charge in [0, 0.05) is 25.0 Å². The number of nitrogens with one attached hydrogen (secondary N) is 3. The highest BCUT2D eigenvalue weighted by Crippen LogP contribution is 2.27. The van der Waals surface area contributed by atoms with Crippen LogP contribution in [0, 0.1) is 0 Å². The minimum atomic E-state index is -3.25. The molecule has 0 saturated carbocycles. The van der Waals surface area contributed by atoms with Gasteiger partial charge in [0.2, 0.25) is 10.0 Å². The summed E-state index contributed by atoms with van der Waals surface area (Å²) in [5.74, 6) is 0.749. The Labute approximate surface area is 206 Å². The summed E-state index contributed by atoms with van der Waals surface area (Å²) < 4.78 is 25.7. The second-order valence-corrected chi connectivity index (χ2v) is 10.3. The maximum absolute atomic E-state index is 11.7. The summed E-state index contributed by atoms with van der Waals surface area (Å²) in [6.07, 6.45) is 2.53. The summed E-state index contributed by atoms with van der Waals surface area (Å²) in [6.45, 7) is 3.71. The quantitative estimate of drug-likeness (QED) is 0.243. The van der Waals surface area contributed by atoms with Crippen molar-refractivity contribution in [1.29, 1.82) is 0 Å². The lowest BCUT2D eigenvalue weighted by atomic mass is 10.1. The van der Waals surface area contributed by atoms with E-state index in [1.165, 1.54) is 24.8 Å². The minimum Gasteiger partial charge on any atom is -0.354 e. The van der Waals surface area contributed by atoms with Gasteiger partial charge in [-0.2, -0.15) is 0 Å². The van der Waals surface area contributed by atoms with E-state index < -0.39 is 10.0 Å². The Hall–Kier alpha value is -1.21. The van der Waals surface area contributed by atoms with Gasteiger partial charge in [0.05, 0.1) is 11.8 Å². The number of benzene rings is 1. The number of likely N-dealkylation sites (tertiary alicyclic amines) is 1. The molecule has 1 unspecified atom stereocenters. The minimum absolute atomic E-state index is 0. The molecule has 1 fully saturated rings. The van der Waals surface area contributed by atoms with Crippen LogP contribution >= 0.6 is 35.3 Å². The van der Waals surface area contributed by atoms with Crippen LogP contribution in [-0.4, -0.2) is 53.0 Å². The number of hydrogen-bond acceptors (Lipinski definition) is 5. The smallest absolute Gasteiger partial charge is 0.215 e. The van der Waals surface area contributed by atoms with Crippen molar-refractivity contribution in [2.24, 2.45) is 4.99 Å². The summed E-state index contributed by atoms with van der Waals surface area (Å²) in [6, 6.07) is 12.3.